The standard InChI is InChI=1S/C24H32N8O.HI/c1-2-25-23(29-18-21-19-33-22(30-21)20-8-4-3-5-9-20)26-12-7-13-31-14-16-32(17-15-31)24-27-10-6-11-28-24;/h3-6,8-11,19H,2,7,12-18H2,1H3,(H2,25,26,29);1H. The third-order valence-electron chi connectivity index (χ3n) is 5.47. The van der Waals surface area contributed by atoms with E-state index in [-0.39, 0.29) is 24.0 Å². The van der Waals surface area contributed by atoms with Crippen LogP contribution in [-0.4, -0.2) is 71.6 Å². The second-order valence-corrected chi connectivity index (χ2v) is 7.86. The zero-order valence-electron chi connectivity index (χ0n) is 19.6. The molecular formula is C24H33IN8O. The smallest absolute Gasteiger partial charge is 0.226 e. The first-order valence-corrected chi connectivity index (χ1v) is 11.6. The van der Waals surface area contributed by atoms with E-state index in [0.29, 0.717) is 12.4 Å². The Kier molecular flexibility index (Phi) is 10.5. The molecule has 0 unspecified atom stereocenters. The summed E-state index contributed by atoms with van der Waals surface area (Å²) >= 11 is 0. The minimum atomic E-state index is 0. The molecular weight excluding hydrogens is 543 g/mol. The minimum Gasteiger partial charge on any atom is -0.444 e. The van der Waals surface area contributed by atoms with Gasteiger partial charge in [-0.15, -0.1) is 24.0 Å². The lowest BCUT2D eigenvalue weighted by Crippen LogP contribution is -2.47. The normalized spacial score (nSPS) is 14.5. The molecule has 2 aromatic heterocycles. The molecule has 3 aromatic rings. The largest absolute Gasteiger partial charge is 0.444 e. The first-order valence-electron chi connectivity index (χ1n) is 11.6. The highest BCUT2D eigenvalue weighted by Crippen LogP contribution is 2.18. The highest BCUT2D eigenvalue weighted by molar-refractivity contribution is 14.0. The Hall–Kier alpha value is -2.73. The number of rotatable bonds is 9. The summed E-state index contributed by atoms with van der Waals surface area (Å²) in [6, 6.07) is 11.8. The number of aliphatic imine (C=N–C) groups is 1. The maximum Gasteiger partial charge on any atom is 0.226 e. The third kappa shape index (κ3) is 7.66. The van der Waals surface area contributed by atoms with Crippen molar-refractivity contribution in [3.63, 3.8) is 0 Å². The van der Waals surface area contributed by atoms with Crippen molar-refractivity contribution in [1.29, 1.82) is 0 Å². The number of hydrogen-bond donors (Lipinski definition) is 2. The fourth-order valence-electron chi connectivity index (χ4n) is 3.73. The van der Waals surface area contributed by atoms with Crippen LogP contribution in [-0.2, 0) is 6.54 Å². The van der Waals surface area contributed by atoms with Gasteiger partial charge in [-0.25, -0.2) is 19.9 Å². The lowest BCUT2D eigenvalue weighted by Gasteiger charge is -2.34. The van der Waals surface area contributed by atoms with Crippen molar-refractivity contribution in [3.8, 4) is 11.5 Å². The third-order valence-corrected chi connectivity index (χ3v) is 5.47. The van der Waals surface area contributed by atoms with E-state index in [0.717, 1.165) is 75.4 Å². The van der Waals surface area contributed by atoms with Crippen LogP contribution in [0.3, 0.4) is 0 Å². The molecule has 182 valence electrons. The maximum absolute atomic E-state index is 5.61. The Bertz CT molecular complexity index is 990. The second-order valence-electron chi connectivity index (χ2n) is 7.86. The van der Waals surface area contributed by atoms with Crippen LogP contribution in [0.5, 0.6) is 0 Å². The van der Waals surface area contributed by atoms with Gasteiger partial charge in [0.2, 0.25) is 11.8 Å². The molecule has 0 aliphatic carbocycles. The molecule has 0 atom stereocenters. The Morgan fingerprint density at radius 1 is 1.03 bits per heavy atom. The summed E-state index contributed by atoms with van der Waals surface area (Å²) in [4.78, 5) is 22.6. The topological polar surface area (TPSA) is 94.7 Å². The van der Waals surface area contributed by atoms with E-state index in [9.17, 15) is 0 Å². The average Bonchev–Trinajstić information content (AvgIpc) is 3.36. The molecule has 9 nitrogen and oxygen atoms in total. The van der Waals surface area contributed by atoms with E-state index < -0.39 is 0 Å². The molecule has 0 amide bonds. The van der Waals surface area contributed by atoms with Crippen LogP contribution in [0.2, 0.25) is 0 Å². The van der Waals surface area contributed by atoms with Crippen LogP contribution >= 0.6 is 24.0 Å². The van der Waals surface area contributed by atoms with Crippen LogP contribution in [0.15, 0.2) is 64.5 Å². The van der Waals surface area contributed by atoms with Gasteiger partial charge >= 0.3 is 0 Å². The Labute approximate surface area is 218 Å². The summed E-state index contributed by atoms with van der Waals surface area (Å²) in [5.74, 6) is 2.25. The predicted molar refractivity (Wildman–Crippen MR) is 145 cm³/mol. The lowest BCUT2D eigenvalue weighted by atomic mass is 10.2. The van der Waals surface area contributed by atoms with Crippen molar-refractivity contribution < 1.29 is 4.42 Å². The summed E-state index contributed by atoms with van der Waals surface area (Å²) in [7, 11) is 0. The predicted octanol–water partition coefficient (Wildman–Crippen LogP) is 3.02. The van der Waals surface area contributed by atoms with Gasteiger partial charge in [0.1, 0.15) is 12.0 Å². The first kappa shape index (κ1) is 25.9. The molecule has 0 bridgehead atoms. The van der Waals surface area contributed by atoms with Gasteiger partial charge in [-0.1, -0.05) is 18.2 Å². The molecule has 2 N–H and O–H groups in total. The molecule has 1 aliphatic rings. The maximum atomic E-state index is 5.61. The highest BCUT2D eigenvalue weighted by atomic mass is 127. The summed E-state index contributed by atoms with van der Waals surface area (Å²) < 4.78 is 5.61. The molecule has 3 heterocycles. The van der Waals surface area contributed by atoms with Crippen molar-refractivity contribution in [2.45, 2.75) is 19.9 Å². The number of halogens is 1. The number of benzene rings is 1. The van der Waals surface area contributed by atoms with Crippen molar-refractivity contribution >= 4 is 35.9 Å². The van der Waals surface area contributed by atoms with E-state index in [4.69, 9.17) is 4.42 Å². The molecule has 1 aromatic carbocycles. The summed E-state index contributed by atoms with van der Waals surface area (Å²) in [6.45, 7) is 9.25. The monoisotopic (exact) mass is 576 g/mol. The number of oxazole rings is 1. The molecule has 0 spiro atoms. The zero-order valence-corrected chi connectivity index (χ0v) is 21.9. The zero-order chi connectivity index (χ0) is 22.7. The van der Waals surface area contributed by atoms with Crippen molar-refractivity contribution in [1.82, 2.24) is 30.5 Å². The molecule has 0 saturated carbocycles. The van der Waals surface area contributed by atoms with E-state index >= 15 is 0 Å². The minimum absolute atomic E-state index is 0. The molecule has 1 aliphatic heterocycles. The molecule has 0 radical (unpaired) electrons. The molecule has 4 rings (SSSR count). The van der Waals surface area contributed by atoms with Crippen molar-refractivity contribution in [3.05, 3.63) is 60.7 Å². The van der Waals surface area contributed by atoms with E-state index in [1.165, 1.54) is 0 Å². The van der Waals surface area contributed by atoms with Gasteiger partial charge in [0, 0.05) is 57.2 Å². The second kappa shape index (κ2) is 13.9. The van der Waals surface area contributed by atoms with Gasteiger partial charge in [-0.05, 0) is 38.1 Å². The Balaban J connectivity index is 0.00000324. The van der Waals surface area contributed by atoms with Crippen LogP contribution in [0, 0.1) is 0 Å². The number of guanidine groups is 1. The van der Waals surface area contributed by atoms with Crippen molar-refractivity contribution in [2.75, 3.05) is 50.7 Å². The van der Waals surface area contributed by atoms with E-state index in [1.807, 2.05) is 36.4 Å². The number of nitrogens with one attached hydrogen (secondary N) is 2. The first-order chi connectivity index (χ1) is 16.3. The van der Waals surface area contributed by atoms with Crippen LogP contribution in [0.1, 0.15) is 19.0 Å². The fraction of sp³-hybridized carbons (Fsp3) is 0.417. The van der Waals surface area contributed by atoms with Gasteiger partial charge in [0.25, 0.3) is 0 Å². The average molecular weight is 576 g/mol. The Morgan fingerprint density at radius 2 is 1.79 bits per heavy atom. The number of hydrogen-bond acceptors (Lipinski definition) is 7. The van der Waals surface area contributed by atoms with Crippen LogP contribution in [0.4, 0.5) is 5.95 Å². The Morgan fingerprint density at radius 3 is 2.53 bits per heavy atom. The SMILES string of the molecule is CCNC(=NCc1coc(-c2ccccc2)n1)NCCCN1CCN(c2ncccn2)CC1.I. The molecule has 1 fully saturated rings. The number of aromatic nitrogens is 3. The van der Waals surface area contributed by atoms with Gasteiger partial charge < -0.3 is 20.0 Å². The number of anilines is 1. The molecule has 10 heteroatoms. The fourth-order valence-corrected chi connectivity index (χ4v) is 3.73. The van der Waals surface area contributed by atoms with Crippen molar-refractivity contribution in [2.24, 2.45) is 4.99 Å². The number of piperazine rings is 1. The molecule has 1 saturated heterocycles. The van der Waals surface area contributed by atoms with Gasteiger partial charge in [-0.3, -0.25) is 4.90 Å². The van der Waals surface area contributed by atoms with Gasteiger partial charge in [-0.2, -0.15) is 0 Å². The summed E-state index contributed by atoms with van der Waals surface area (Å²) in [5.41, 5.74) is 1.78. The van der Waals surface area contributed by atoms with Crippen LogP contribution < -0.4 is 15.5 Å². The highest BCUT2D eigenvalue weighted by Gasteiger charge is 2.18. The van der Waals surface area contributed by atoms with E-state index in [1.54, 1.807) is 18.7 Å². The molecule has 34 heavy (non-hydrogen) atoms. The van der Waals surface area contributed by atoms with Gasteiger partial charge in [0.15, 0.2) is 5.96 Å². The lowest BCUT2D eigenvalue weighted by molar-refractivity contribution is 0.254. The summed E-state index contributed by atoms with van der Waals surface area (Å²) in [6.07, 6.45) is 6.33. The quantitative estimate of drug-likeness (QED) is 0.174. The van der Waals surface area contributed by atoms with Gasteiger partial charge in [0.05, 0.1) is 6.54 Å². The summed E-state index contributed by atoms with van der Waals surface area (Å²) in [5, 5.41) is 6.73. The van der Waals surface area contributed by atoms with E-state index in [2.05, 4.69) is 47.3 Å². The van der Waals surface area contributed by atoms with Crippen LogP contribution in [0.25, 0.3) is 11.5 Å². The number of nitrogens with zero attached hydrogens (tertiary/aromatic N) is 6.